The number of para-hydroxylation sites is 1. The van der Waals surface area contributed by atoms with Crippen molar-refractivity contribution in [2.45, 2.75) is 46.6 Å². The predicted octanol–water partition coefficient (Wildman–Crippen LogP) is 3.00. The molecule has 8 heteroatoms. The molecule has 0 aromatic heterocycles. The molecule has 2 amide bonds. The van der Waals surface area contributed by atoms with E-state index in [4.69, 9.17) is 14.2 Å². The fourth-order valence-corrected chi connectivity index (χ4v) is 3.82. The Hall–Kier alpha value is -3.55. The molecule has 176 valence electrons. The largest absolute Gasteiger partial charge is 0.483 e. The molecule has 2 aromatic carbocycles. The van der Waals surface area contributed by atoms with E-state index in [0.29, 0.717) is 11.5 Å². The molecule has 2 aromatic rings. The van der Waals surface area contributed by atoms with Gasteiger partial charge in [0.15, 0.2) is 24.7 Å². The number of fused-ring (bicyclic) bond motifs is 1. The summed E-state index contributed by atoms with van der Waals surface area (Å²) in [7, 11) is 0. The van der Waals surface area contributed by atoms with Crippen LogP contribution >= 0.6 is 0 Å². The summed E-state index contributed by atoms with van der Waals surface area (Å²) in [5, 5.41) is 5.23. The number of ether oxygens (including phenoxy) is 3. The highest BCUT2D eigenvalue weighted by Crippen LogP contribution is 2.41. The fraction of sp³-hybridized carbons (Fsp3) is 0.400. The van der Waals surface area contributed by atoms with E-state index < -0.39 is 18.5 Å². The van der Waals surface area contributed by atoms with Crippen molar-refractivity contribution >= 4 is 23.5 Å². The van der Waals surface area contributed by atoms with Crippen molar-refractivity contribution < 1.29 is 28.6 Å². The molecule has 0 unspecified atom stereocenters. The van der Waals surface area contributed by atoms with Crippen LogP contribution in [0.25, 0.3) is 0 Å². The number of hydrogen-bond acceptors (Lipinski definition) is 6. The highest BCUT2D eigenvalue weighted by atomic mass is 16.6. The van der Waals surface area contributed by atoms with Crippen LogP contribution in [0.2, 0.25) is 0 Å². The van der Waals surface area contributed by atoms with Gasteiger partial charge in [-0.25, -0.2) is 4.79 Å². The second kappa shape index (κ2) is 9.94. The lowest BCUT2D eigenvalue weighted by atomic mass is 10.0. The first kappa shape index (κ1) is 24.1. The van der Waals surface area contributed by atoms with Crippen molar-refractivity contribution in [1.29, 1.82) is 0 Å². The maximum absolute atomic E-state index is 12.2. The Kier molecular flexibility index (Phi) is 7.26. The average molecular weight is 455 g/mol. The van der Waals surface area contributed by atoms with Crippen molar-refractivity contribution in [3.05, 3.63) is 52.6 Å². The first-order valence-corrected chi connectivity index (χ1v) is 10.8. The minimum Gasteiger partial charge on any atom is -0.483 e. The van der Waals surface area contributed by atoms with E-state index in [9.17, 15) is 14.4 Å². The number of anilines is 1. The minimum absolute atomic E-state index is 0.233. The zero-order chi connectivity index (χ0) is 24.2. The van der Waals surface area contributed by atoms with E-state index in [0.717, 1.165) is 34.4 Å². The second-order valence-electron chi connectivity index (χ2n) is 8.83. The zero-order valence-electron chi connectivity index (χ0n) is 19.7. The lowest BCUT2D eigenvalue weighted by Gasteiger charge is -2.18. The summed E-state index contributed by atoms with van der Waals surface area (Å²) in [4.78, 5) is 36.1. The fourth-order valence-electron chi connectivity index (χ4n) is 3.82. The van der Waals surface area contributed by atoms with Gasteiger partial charge in [-0.15, -0.1) is 0 Å². The summed E-state index contributed by atoms with van der Waals surface area (Å²) in [6, 6.07) is 9.45. The van der Waals surface area contributed by atoms with Gasteiger partial charge in [-0.05, 0) is 51.8 Å². The van der Waals surface area contributed by atoms with Gasteiger partial charge in [0.25, 0.3) is 5.91 Å². The van der Waals surface area contributed by atoms with E-state index >= 15 is 0 Å². The molecule has 0 atom stereocenters. The Labute approximate surface area is 193 Å². The first-order chi connectivity index (χ1) is 15.5. The summed E-state index contributed by atoms with van der Waals surface area (Å²) in [5.41, 5.74) is 4.40. The molecule has 1 heterocycles. The Bertz CT molecular complexity index is 1050. The first-order valence-electron chi connectivity index (χ1n) is 10.8. The summed E-state index contributed by atoms with van der Waals surface area (Å²) < 4.78 is 16.4. The summed E-state index contributed by atoms with van der Waals surface area (Å²) in [6.07, 6.45) is 0.751. The molecule has 0 spiro atoms. The number of hydrogen-bond donors (Lipinski definition) is 2. The Morgan fingerprint density at radius 1 is 1.03 bits per heavy atom. The molecule has 2 N–H and O–H groups in total. The molecule has 1 aliphatic heterocycles. The van der Waals surface area contributed by atoms with Gasteiger partial charge in [-0.3, -0.25) is 9.59 Å². The Morgan fingerprint density at radius 2 is 1.73 bits per heavy atom. The van der Waals surface area contributed by atoms with Crippen LogP contribution < -0.4 is 20.1 Å². The topological polar surface area (TPSA) is 103 Å². The van der Waals surface area contributed by atoms with Gasteiger partial charge in [-0.1, -0.05) is 29.8 Å². The van der Waals surface area contributed by atoms with Crippen LogP contribution in [-0.2, 0) is 25.5 Å². The summed E-state index contributed by atoms with van der Waals surface area (Å²) in [5.74, 6) is -0.568. The van der Waals surface area contributed by atoms with Crippen LogP contribution in [0.3, 0.4) is 0 Å². The highest BCUT2D eigenvalue weighted by Gasteiger charge is 2.32. The van der Waals surface area contributed by atoms with Gasteiger partial charge >= 0.3 is 5.97 Å². The average Bonchev–Trinajstić information content (AvgIpc) is 3.06. The van der Waals surface area contributed by atoms with Crippen LogP contribution in [0.15, 0.2) is 30.3 Å². The lowest BCUT2D eigenvalue weighted by molar-refractivity contribution is -0.150. The number of carbonyl (C=O) groups excluding carboxylic acids is 3. The zero-order valence-corrected chi connectivity index (χ0v) is 19.7. The van der Waals surface area contributed by atoms with Crippen molar-refractivity contribution in [2.75, 3.05) is 25.1 Å². The number of esters is 1. The number of benzene rings is 2. The molecule has 0 saturated carbocycles. The molecular formula is C25H30N2O6. The number of nitrogens with one attached hydrogen (secondary N) is 2. The van der Waals surface area contributed by atoms with Crippen LogP contribution in [0.1, 0.15) is 36.1 Å². The minimum atomic E-state index is -0.699. The maximum Gasteiger partial charge on any atom is 0.344 e. The number of carbonyl (C=O) groups is 3. The molecule has 33 heavy (non-hydrogen) atoms. The Balaban J connectivity index is 1.40. The van der Waals surface area contributed by atoms with Crippen LogP contribution in [-0.4, -0.2) is 43.1 Å². The third-order valence-corrected chi connectivity index (χ3v) is 5.15. The number of rotatable bonds is 8. The van der Waals surface area contributed by atoms with Gasteiger partial charge < -0.3 is 24.8 Å². The van der Waals surface area contributed by atoms with E-state index in [1.54, 1.807) is 6.07 Å². The molecule has 8 nitrogen and oxygen atoms in total. The SMILES string of the molecule is Cc1cc(C)c(NC(=O)CNC(=O)COC(=O)COc2cccc3c2OC(C)(C)C3)c(C)c1. The van der Waals surface area contributed by atoms with Crippen LogP contribution in [0.5, 0.6) is 11.5 Å². The van der Waals surface area contributed by atoms with E-state index in [1.807, 2.05) is 58.9 Å². The Morgan fingerprint density at radius 3 is 2.42 bits per heavy atom. The van der Waals surface area contributed by atoms with Crippen molar-refractivity contribution in [2.24, 2.45) is 0 Å². The molecule has 3 rings (SSSR count). The number of amides is 2. The van der Waals surface area contributed by atoms with Crippen molar-refractivity contribution in [3.8, 4) is 11.5 Å². The van der Waals surface area contributed by atoms with Crippen molar-refractivity contribution in [3.63, 3.8) is 0 Å². The molecule has 0 fully saturated rings. The maximum atomic E-state index is 12.2. The van der Waals surface area contributed by atoms with E-state index in [-0.39, 0.29) is 24.7 Å². The third kappa shape index (κ3) is 6.47. The van der Waals surface area contributed by atoms with E-state index in [1.165, 1.54) is 0 Å². The quantitative estimate of drug-likeness (QED) is 0.595. The van der Waals surface area contributed by atoms with Crippen molar-refractivity contribution in [1.82, 2.24) is 5.32 Å². The second-order valence-corrected chi connectivity index (χ2v) is 8.83. The third-order valence-electron chi connectivity index (χ3n) is 5.15. The number of aryl methyl sites for hydroxylation is 3. The normalized spacial score (nSPS) is 13.5. The summed E-state index contributed by atoms with van der Waals surface area (Å²) in [6.45, 7) is 8.66. The lowest BCUT2D eigenvalue weighted by Crippen LogP contribution is -2.36. The molecule has 0 radical (unpaired) electrons. The van der Waals surface area contributed by atoms with Gasteiger partial charge in [0, 0.05) is 17.7 Å². The monoisotopic (exact) mass is 454 g/mol. The smallest absolute Gasteiger partial charge is 0.344 e. The highest BCUT2D eigenvalue weighted by molar-refractivity contribution is 5.96. The van der Waals surface area contributed by atoms with Gasteiger partial charge in [0.05, 0.1) is 6.54 Å². The van der Waals surface area contributed by atoms with Gasteiger partial charge in [-0.2, -0.15) is 0 Å². The predicted molar refractivity (Wildman–Crippen MR) is 124 cm³/mol. The molecule has 0 aliphatic carbocycles. The van der Waals surface area contributed by atoms with Gasteiger partial charge in [0.1, 0.15) is 5.60 Å². The summed E-state index contributed by atoms with van der Waals surface area (Å²) >= 11 is 0. The van der Waals surface area contributed by atoms with Crippen LogP contribution in [0, 0.1) is 20.8 Å². The van der Waals surface area contributed by atoms with E-state index in [2.05, 4.69) is 10.6 Å². The molecular weight excluding hydrogens is 424 g/mol. The molecule has 0 saturated heterocycles. The van der Waals surface area contributed by atoms with Crippen LogP contribution in [0.4, 0.5) is 5.69 Å². The standard InChI is InChI=1S/C25H30N2O6/c1-15-9-16(2)23(17(3)10-15)27-20(28)12-26-21(29)13-32-22(30)14-31-19-8-6-7-18-11-25(4,5)33-24(18)19/h6-10H,11-14H2,1-5H3,(H,26,29)(H,27,28). The molecule has 0 bridgehead atoms. The molecule has 1 aliphatic rings. The van der Waals surface area contributed by atoms with Gasteiger partial charge in [0.2, 0.25) is 5.91 Å².